The fourth-order valence-electron chi connectivity index (χ4n) is 8.31. The Bertz CT molecular complexity index is 2200. The third kappa shape index (κ3) is 13.9. The molecule has 7 rings (SSSR count). The number of hydrogen-bond acceptors (Lipinski definition) is 13. The van der Waals surface area contributed by atoms with Gasteiger partial charge in [0.1, 0.15) is 23.7 Å². The van der Waals surface area contributed by atoms with Gasteiger partial charge in [-0.2, -0.15) is 4.98 Å². The number of hydrogen-bond donors (Lipinski definition) is 2. The van der Waals surface area contributed by atoms with Crippen molar-refractivity contribution in [3.05, 3.63) is 47.8 Å². The summed E-state index contributed by atoms with van der Waals surface area (Å²) in [6, 6.07) is 12.5. The van der Waals surface area contributed by atoms with Crippen LogP contribution in [0, 0.1) is 23.7 Å². The first-order valence-electron chi connectivity index (χ1n) is 23.2. The highest BCUT2D eigenvalue weighted by molar-refractivity contribution is 5.93. The molecule has 4 aromatic rings. The Morgan fingerprint density at radius 1 is 0.683 bits per heavy atom. The highest BCUT2D eigenvalue weighted by atomic mass is 16.5. The summed E-state index contributed by atoms with van der Waals surface area (Å²) in [4.78, 5) is 33.1. The monoisotopic (exact) mass is 859 g/mol. The van der Waals surface area contributed by atoms with E-state index in [1.54, 1.807) is 13.4 Å². The van der Waals surface area contributed by atoms with Crippen LogP contribution >= 0.6 is 0 Å². The number of ether oxygens (including phenoxy) is 1. The molecule has 13 heteroatoms. The number of aromatic nitrogens is 4. The van der Waals surface area contributed by atoms with Crippen molar-refractivity contribution in [1.29, 1.82) is 0 Å². The van der Waals surface area contributed by atoms with E-state index in [-0.39, 0.29) is 0 Å². The van der Waals surface area contributed by atoms with Gasteiger partial charge in [-0.05, 0) is 119 Å². The van der Waals surface area contributed by atoms with Gasteiger partial charge < -0.3 is 44.8 Å². The molecule has 0 spiro atoms. The summed E-state index contributed by atoms with van der Waals surface area (Å²) in [5.41, 5.74) is 3.75. The first kappa shape index (κ1) is 47.7. The SMILES string of the molecule is CC(C)N1CCC(Nc2ncnc3cc(C#CCCN(C)C)ccc23)CC1.COc1cc2c(NC3CCN(C(C)C)CC3)nc(N3CCN(C)CC3)nc2cc1C#CCCN(C)C. The van der Waals surface area contributed by atoms with Gasteiger partial charge in [0.2, 0.25) is 5.95 Å². The number of rotatable bonds is 12. The second-order valence-electron chi connectivity index (χ2n) is 18.5. The van der Waals surface area contributed by atoms with Gasteiger partial charge in [-0.1, -0.05) is 23.7 Å². The van der Waals surface area contributed by atoms with Crippen LogP contribution in [0.3, 0.4) is 0 Å². The van der Waals surface area contributed by atoms with E-state index in [9.17, 15) is 0 Å². The van der Waals surface area contributed by atoms with Crippen molar-refractivity contribution in [3.63, 3.8) is 0 Å². The number of benzene rings is 2. The van der Waals surface area contributed by atoms with Crippen LogP contribution in [-0.4, -0.2) is 176 Å². The summed E-state index contributed by atoms with van der Waals surface area (Å²) in [5, 5.41) is 9.51. The smallest absolute Gasteiger partial charge is 0.227 e. The second-order valence-corrected chi connectivity index (χ2v) is 18.5. The molecule has 3 fully saturated rings. The second kappa shape index (κ2) is 23.3. The summed E-state index contributed by atoms with van der Waals surface area (Å²) < 4.78 is 5.76. The highest BCUT2D eigenvalue weighted by Crippen LogP contribution is 2.32. The molecule has 340 valence electrons. The fraction of sp³-hybridized carbons (Fsp3) is 0.600. The maximum absolute atomic E-state index is 5.76. The van der Waals surface area contributed by atoms with E-state index in [0.29, 0.717) is 24.2 Å². The van der Waals surface area contributed by atoms with Gasteiger partial charge in [0.25, 0.3) is 0 Å². The lowest BCUT2D eigenvalue weighted by Gasteiger charge is -2.35. The van der Waals surface area contributed by atoms with Gasteiger partial charge in [0.15, 0.2) is 0 Å². The lowest BCUT2D eigenvalue weighted by atomic mass is 10.0. The normalized spacial score (nSPS) is 17.1. The van der Waals surface area contributed by atoms with Gasteiger partial charge in [-0.3, -0.25) is 0 Å². The molecule has 2 aromatic heterocycles. The number of nitrogens with zero attached hydrogens (tertiary/aromatic N) is 10. The van der Waals surface area contributed by atoms with Crippen molar-refractivity contribution in [2.45, 2.75) is 90.4 Å². The van der Waals surface area contributed by atoms with E-state index in [1.165, 1.54) is 0 Å². The van der Waals surface area contributed by atoms with Crippen LogP contribution in [0.25, 0.3) is 21.8 Å². The van der Waals surface area contributed by atoms with Crippen molar-refractivity contribution < 1.29 is 4.74 Å². The van der Waals surface area contributed by atoms with Crippen LogP contribution in [0.5, 0.6) is 5.75 Å². The Morgan fingerprint density at radius 2 is 1.27 bits per heavy atom. The predicted octanol–water partition coefficient (Wildman–Crippen LogP) is 6.20. The van der Waals surface area contributed by atoms with Crippen LogP contribution in [-0.2, 0) is 0 Å². The quantitative estimate of drug-likeness (QED) is 0.159. The summed E-state index contributed by atoms with van der Waals surface area (Å²) in [7, 11) is 12.1. The number of piperidine rings is 2. The summed E-state index contributed by atoms with van der Waals surface area (Å²) in [6.45, 7) is 19.4. The average molecular weight is 859 g/mol. The first-order chi connectivity index (χ1) is 30.4. The lowest BCUT2D eigenvalue weighted by molar-refractivity contribution is 0.177. The largest absolute Gasteiger partial charge is 0.495 e. The minimum Gasteiger partial charge on any atom is -0.495 e. The number of nitrogens with one attached hydrogen (secondary N) is 2. The van der Waals surface area contributed by atoms with Crippen molar-refractivity contribution in [2.24, 2.45) is 0 Å². The molecule has 0 bridgehead atoms. The molecule has 2 N–H and O–H groups in total. The van der Waals surface area contributed by atoms with Gasteiger partial charge in [-0.15, -0.1) is 0 Å². The van der Waals surface area contributed by atoms with E-state index in [2.05, 4.69) is 167 Å². The maximum Gasteiger partial charge on any atom is 0.227 e. The summed E-state index contributed by atoms with van der Waals surface area (Å²) in [5.74, 6) is 16.5. The topological polar surface area (TPSA) is 104 Å². The van der Waals surface area contributed by atoms with Crippen LogP contribution in [0.1, 0.15) is 77.3 Å². The third-order valence-corrected chi connectivity index (χ3v) is 12.5. The molecule has 0 atom stereocenters. The number of fused-ring (bicyclic) bond motifs is 2. The van der Waals surface area contributed by atoms with Crippen molar-refractivity contribution in [1.82, 2.24) is 44.4 Å². The van der Waals surface area contributed by atoms with Gasteiger partial charge in [-0.25, -0.2) is 15.0 Å². The Balaban J connectivity index is 0.000000219. The molecule has 2 aromatic carbocycles. The van der Waals surface area contributed by atoms with E-state index >= 15 is 0 Å². The molecule has 3 saturated heterocycles. The molecule has 0 saturated carbocycles. The Morgan fingerprint density at radius 3 is 1.84 bits per heavy atom. The first-order valence-corrected chi connectivity index (χ1v) is 23.2. The minimum atomic E-state index is 0.398. The zero-order valence-corrected chi connectivity index (χ0v) is 40.0. The maximum atomic E-state index is 5.76. The Labute approximate surface area is 378 Å². The van der Waals surface area contributed by atoms with Crippen LogP contribution in [0.15, 0.2) is 36.7 Å². The fourth-order valence-corrected chi connectivity index (χ4v) is 8.31. The lowest BCUT2D eigenvalue weighted by Crippen LogP contribution is -2.45. The van der Waals surface area contributed by atoms with E-state index in [4.69, 9.17) is 14.7 Å². The van der Waals surface area contributed by atoms with Crippen molar-refractivity contribution >= 4 is 39.4 Å². The number of anilines is 3. The molecular formula is C50H74N12O. The van der Waals surface area contributed by atoms with Crippen LogP contribution in [0.2, 0.25) is 0 Å². The zero-order chi connectivity index (χ0) is 44.9. The Kier molecular flexibility index (Phi) is 17.6. The molecule has 5 heterocycles. The summed E-state index contributed by atoms with van der Waals surface area (Å²) >= 11 is 0. The molecule has 3 aliphatic heterocycles. The molecule has 0 amide bonds. The van der Waals surface area contributed by atoms with Crippen molar-refractivity contribution in [3.8, 4) is 29.4 Å². The zero-order valence-electron chi connectivity index (χ0n) is 40.0. The number of methoxy groups -OCH3 is 1. The predicted molar refractivity (Wildman–Crippen MR) is 262 cm³/mol. The Hall–Kier alpha value is -4.76. The van der Waals surface area contributed by atoms with Gasteiger partial charge in [0, 0.05) is 119 Å². The standard InChI is InChI=1S/C28H43N7O.C22H31N5/c1-21(2)34-13-10-23(11-14-34)29-27-24-20-26(36-6)22(9-7-8-12-32(3)4)19-25(24)30-28(31-27)35-17-15-33(5)16-18-35;1-17(2)27-13-10-19(11-14-27)25-22-20-9-8-18(7-5-6-12-26(3)4)15-21(20)23-16-24-22/h19-21,23H,8,10-18H2,1-6H3,(H,29,30,31);8-9,15-17,19H,6,10-14H2,1-4H3,(H,23,24,25). The molecule has 13 nitrogen and oxygen atoms in total. The molecule has 0 unspecified atom stereocenters. The highest BCUT2D eigenvalue weighted by Gasteiger charge is 2.25. The molecule has 0 aliphatic carbocycles. The van der Waals surface area contributed by atoms with Gasteiger partial charge >= 0.3 is 0 Å². The minimum absolute atomic E-state index is 0.398. The van der Waals surface area contributed by atoms with E-state index < -0.39 is 0 Å². The van der Waals surface area contributed by atoms with E-state index in [0.717, 1.165) is 160 Å². The van der Waals surface area contributed by atoms with Crippen LogP contribution in [0.4, 0.5) is 17.6 Å². The number of likely N-dealkylation sites (tertiary alicyclic amines) is 2. The third-order valence-electron chi connectivity index (χ3n) is 12.5. The van der Waals surface area contributed by atoms with Crippen molar-refractivity contribution in [2.75, 3.05) is 123 Å². The van der Waals surface area contributed by atoms with Crippen LogP contribution < -0.4 is 20.3 Å². The molecule has 3 aliphatic rings. The average Bonchev–Trinajstić information content (AvgIpc) is 3.27. The summed E-state index contributed by atoms with van der Waals surface area (Å²) in [6.07, 6.45) is 7.86. The van der Waals surface area contributed by atoms with Gasteiger partial charge in [0.05, 0.1) is 23.7 Å². The number of likely N-dealkylation sites (N-methyl/N-ethyl adjacent to an activating group) is 1. The van der Waals surface area contributed by atoms with E-state index in [1.807, 2.05) is 0 Å². The molecule has 0 radical (unpaired) electrons. The molecule has 63 heavy (non-hydrogen) atoms. The number of piperazine rings is 1. The molecular weight excluding hydrogens is 785 g/mol.